The third kappa shape index (κ3) is 2.74. The molecule has 2 aromatic rings. The first kappa shape index (κ1) is 16.3. The highest BCUT2D eigenvalue weighted by molar-refractivity contribution is 7.07. The molecule has 5 nitrogen and oxygen atoms in total. The summed E-state index contributed by atoms with van der Waals surface area (Å²) in [6.07, 6.45) is 2.04. The topological polar surface area (TPSA) is 53.5 Å². The molecule has 6 heteroatoms. The third-order valence-corrected chi connectivity index (χ3v) is 6.18. The Morgan fingerprint density at radius 1 is 1.36 bits per heavy atom. The zero-order chi connectivity index (χ0) is 17.4. The van der Waals surface area contributed by atoms with Crippen molar-refractivity contribution in [3.8, 4) is 0 Å². The van der Waals surface area contributed by atoms with Crippen LogP contribution in [0.2, 0.25) is 0 Å². The number of piperidine rings is 1. The molecule has 0 radical (unpaired) electrons. The number of carbonyl (C=O) groups excluding carboxylic acids is 2. The van der Waals surface area contributed by atoms with Crippen LogP contribution >= 0.6 is 11.3 Å². The van der Waals surface area contributed by atoms with Gasteiger partial charge in [-0.1, -0.05) is 30.3 Å². The van der Waals surface area contributed by atoms with Crippen molar-refractivity contribution in [2.24, 2.45) is 0 Å². The van der Waals surface area contributed by atoms with Gasteiger partial charge >= 0.3 is 0 Å². The van der Waals surface area contributed by atoms with Gasteiger partial charge in [-0.25, -0.2) is 4.98 Å². The van der Waals surface area contributed by atoms with Crippen molar-refractivity contribution in [3.63, 3.8) is 0 Å². The first-order chi connectivity index (χ1) is 12.1. The number of fused-ring (bicyclic) bond motifs is 1. The van der Waals surface area contributed by atoms with Crippen molar-refractivity contribution in [1.29, 1.82) is 0 Å². The minimum absolute atomic E-state index is 0.0102. The van der Waals surface area contributed by atoms with Crippen LogP contribution in [0.5, 0.6) is 0 Å². The lowest BCUT2D eigenvalue weighted by atomic mass is 9.83. The van der Waals surface area contributed by atoms with Gasteiger partial charge < -0.3 is 9.80 Å². The summed E-state index contributed by atoms with van der Waals surface area (Å²) in [6, 6.07) is 10.1. The van der Waals surface area contributed by atoms with E-state index in [4.69, 9.17) is 0 Å². The predicted molar refractivity (Wildman–Crippen MR) is 96.2 cm³/mol. The minimum Gasteiger partial charge on any atom is -0.332 e. The van der Waals surface area contributed by atoms with Gasteiger partial charge in [0.05, 0.1) is 17.1 Å². The predicted octanol–water partition coefficient (Wildman–Crippen LogP) is 2.94. The van der Waals surface area contributed by atoms with E-state index in [-0.39, 0.29) is 23.4 Å². The molecule has 2 aliphatic heterocycles. The summed E-state index contributed by atoms with van der Waals surface area (Å²) in [5.74, 6) is 0.176. The molecule has 3 heterocycles. The summed E-state index contributed by atoms with van der Waals surface area (Å²) in [7, 11) is 0. The third-order valence-electron chi connectivity index (χ3n) is 5.60. The molecule has 2 fully saturated rings. The standard InChI is InChI=1S/C19H21N3O2S/c1-19-9-10-21(18(24)15-12-25-13-20-15)16(19)7-8-17(23)22(19)11-14-5-3-2-4-6-14/h2-6,12-13,16H,7-11H2,1H3/t16-,19-/m0/s1. The Morgan fingerprint density at radius 2 is 2.16 bits per heavy atom. The summed E-state index contributed by atoms with van der Waals surface area (Å²) in [6.45, 7) is 3.41. The van der Waals surface area contributed by atoms with Gasteiger partial charge in [0, 0.05) is 24.9 Å². The van der Waals surface area contributed by atoms with Crippen molar-refractivity contribution in [2.45, 2.75) is 44.3 Å². The van der Waals surface area contributed by atoms with Gasteiger partial charge in [0.15, 0.2) is 0 Å². The average molecular weight is 355 g/mol. The largest absolute Gasteiger partial charge is 0.332 e. The monoisotopic (exact) mass is 355 g/mol. The zero-order valence-corrected chi connectivity index (χ0v) is 15.0. The molecule has 0 unspecified atom stereocenters. The Kier molecular flexibility index (Phi) is 4.07. The smallest absolute Gasteiger partial charge is 0.273 e. The Bertz CT molecular complexity index is 777. The second kappa shape index (κ2) is 6.26. The quantitative estimate of drug-likeness (QED) is 0.851. The maximum atomic E-state index is 12.8. The molecule has 0 aliphatic carbocycles. The van der Waals surface area contributed by atoms with Crippen LogP contribution < -0.4 is 0 Å². The Hall–Kier alpha value is -2.21. The van der Waals surface area contributed by atoms with Crippen LogP contribution in [0.3, 0.4) is 0 Å². The molecule has 0 spiro atoms. The zero-order valence-electron chi connectivity index (χ0n) is 14.2. The first-order valence-electron chi connectivity index (χ1n) is 8.63. The highest BCUT2D eigenvalue weighted by atomic mass is 32.1. The van der Waals surface area contributed by atoms with Crippen molar-refractivity contribution < 1.29 is 9.59 Å². The van der Waals surface area contributed by atoms with Crippen molar-refractivity contribution in [3.05, 3.63) is 52.5 Å². The molecule has 4 rings (SSSR count). The van der Waals surface area contributed by atoms with Crippen LogP contribution in [0.1, 0.15) is 42.2 Å². The maximum absolute atomic E-state index is 12.8. The molecule has 2 saturated heterocycles. The number of rotatable bonds is 3. The van der Waals surface area contributed by atoms with Crippen LogP contribution in [0.15, 0.2) is 41.2 Å². The van der Waals surface area contributed by atoms with Gasteiger partial charge in [-0.3, -0.25) is 9.59 Å². The van der Waals surface area contributed by atoms with E-state index in [0.29, 0.717) is 25.2 Å². The fourth-order valence-corrected chi connectivity index (χ4v) is 4.74. The summed E-state index contributed by atoms with van der Waals surface area (Å²) in [5, 5.41) is 1.80. The number of thiazole rings is 1. The fourth-order valence-electron chi connectivity index (χ4n) is 4.21. The lowest BCUT2D eigenvalue weighted by Crippen LogP contribution is -2.60. The van der Waals surface area contributed by atoms with E-state index in [1.54, 1.807) is 10.9 Å². The number of likely N-dealkylation sites (tertiary alicyclic amines) is 2. The molecular formula is C19H21N3O2S. The van der Waals surface area contributed by atoms with Gasteiger partial charge in [-0.15, -0.1) is 11.3 Å². The minimum atomic E-state index is -0.309. The summed E-state index contributed by atoms with van der Waals surface area (Å²) < 4.78 is 0. The SMILES string of the molecule is C[C@]12CCN(C(=O)c3cscn3)[C@H]1CCC(=O)N2Cc1ccccc1. The molecular weight excluding hydrogens is 334 g/mol. The number of benzene rings is 1. The molecule has 2 amide bonds. The van der Waals surface area contributed by atoms with E-state index in [2.05, 4.69) is 11.9 Å². The van der Waals surface area contributed by atoms with E-state index in [9.17, 15) is 9.59 Å². The van der Waals surface area contributed by atoms with Crippen molar-refractivity contribution in [2.75, 3.05) is 6.54 Å². The Labute approximate surface area is 151 Å². The molecule has 1 aromatic carbocycles. The first-order valence-corrected chi connectivity index (χ1v) is 9.57. The number of carbonyl (C=O) groups is 2. The molecule has 25 heavy (non-hydrogen) atoms. The second-order valence-corrected chi connectivity index (χ2v) is 7.72. The highest BCUT2D eigenvalue weighted by Gasteiger charge is 2.53. The van der Waals surface area contributed by atoms with E-state index >= 15 is 0 Å². The number of nitrogens with zero attached hydrogens (tertiary/aromatic N) is 3. The lowest BCUT2D eigenvalue weighted by Gasteiger charge is -2.47. The maximum Gasteiger partial charge on any atom is 0.273 e. The van der Waals surface area contributed by atoms with Crippen molar-refractivity contribution in [1.82, 2.24) is 14.8 Å². The molecule has 0 N–H and O–H groups in total. The van der Waals surface area contributed by atoms with Gasteiger partial charge in [0.1, 0.15) is 5.69 Å². The van der Waals surface area contributed by atoms with Crippen LogP contribution in [0.4, 0.5) is 0 Å². The van der Waals surface area contributed by atoms with Gasteiger partial charge in [-0.2, -0.15) is 0 Å². The lowest BCUT2D eigenvalue weighted by molar-refractivity contribution is -0.144. The van der Waals surface area contributed by atoms with Crippen LogP contribution in [-0.4, -0.2) is 44.7 Å². The normalized spacial score (nSPS) is 26.0. The summed E-state index contributed by atoms with van der Waals surface area (Å²) >= 11 is 1.43. The Morgan fingerprint density at radius 3 is 2.88 bits per heavy atom. The number of hydrogen-bond donors (Lipinski definition) is 0. The van der Waals surface area contributed by atoms with Gasteiger partial charge in [-0.05, 0) is 25.3 Å². The summed E-state index contributed by atoms with van der Waals surface area (Å²) in [4.78, 5) is 33.6. The molecule has 0 bridgehead atoms. The van der Waals surface area contributed by atoms with E-state index in [1.807, 2.05) is 40.1 Å². The van der Waals surface area contributed by atoms with E-state index < -0.39 is 0 Å². The van der Waals surface area contributed by atoms with Crippen molar-refractivity contribution >= 4 is 23.2 Å². The van der Waals surface area contributed by atoms with Gasteiger partial charge in [0.2, 0.25) is 5.91 Å². The fraction of sp³-hybridized carbons (Fsp3) is 0.421. The van der Waals surface area contributed by atoms with E-state index in [1.165, 1.54) is 11.3 Å². The van der Waals surface area contributed by atoms with Gasteiger partial charge in [0.25, 0.3) is 5.91 Å². The molecule has 130 valence electrons. The van der Waals surface area contributed by atoms with E-state index in [0.717, 1.165) is 18.4 Å². The molecule has 0 saturated carbocycles. The number of aromatic nitrogens is 1. The Balaban J connectivity index is 1.60. The van der Waals surface area contributed by atoms with Crippen LogP contribution in [-0.2, 0) is 11.3 Å². The summed E-state index contributed by atoms with van der Waals surface area (Å²) in [5.41, 5.74) is 3.02. The number of amides is 2. The molecule has 2 aliphatic rings. The number of hydrogen-bond acceptors (Lipinski definition) is 4. The highest BCUT2D eigenvalue weighted by Crippen LogP contribution is 2.41. The van der Waals surface area contributed by atoms with Crippen LogP contribution in [0.25, 0.3) is 0 Å². The molecule has 1 aromatic heterocycles. The van der Waals surface area contributed by atoms with Crippen LogP contribution in [0, 0.1) is 0 Å². The molecule has 2 atom stereocenters. The second-order valence-electron chi connectivity index (χ2n) is 7.00. The average Bonchev–Trinajstić information content (AvgIpc) is 3.26.